The standard InChI is InChI=1S/C16H25N3OS/c20-15(7-5-11-18-9-2-1-3-10-18)19-12-4-6-14(19)16-17-8-13-21-16/h8,13-14H,1-7,9-12H2/t14-/m1/s1. The van der Waals surface area contributed by atoms with Crippen LogP contribution in [0.25, 0.3) is 0 Å². The molecule has 0 N–H and O–H groups in total. The largest absolute Gasteiger partial charge is 0.333 e. The van der Waals surface area contributed by atoms with Gasteiger partial charge in [-0.05, 0) is 51.7 Å². The molecule has 2 fully saturated rings. The Balaban J connectivity index is 1.46. The summed E-state index contributed by atoms with van der Waals surface area (Å²) in [5, 5.41) is 3.11. The molecule has 5 heteroatoms. The number of thiazole rings is 1. The van der Waals surface area contributed by atoms with Crippen molar-refractivity contribution in [2.75, 3.05) is 26.2 Å². The van der Waals surface area contributed by atoms with Crippen LogP contribution in [0, 0.1) is 0 Å². The van der Waals surface area contributed by atoms with Gasteiger partial charge in [0.05, 0.1) is 6.04 Å². The van der Waals surface area contributed by atoms with Crippen molar-refractivity contribution >= 4 is 17.2 Å². The lowest BCUT2D eigenvalue weighted by Gasteiger charge is -2.27. The molecule has 0 spiro atoms. The Hall–Kier alpha value is -0.940. The fourth-order valence-corrected chi connectivity index (χ4v) is 4.29. The van der Waals surface area contributed by atoms with Crippen LogP contribution in [-0.2, 0) is 4.79 Å². The molecule has 0 saturated carbocycles. The summed E-state index contributed by atoms with van der Waals surface area (Å²) >= 11 is 1.67. The zero-order chi connectivity index (χ0) is 14.5. The highest BCUT2D eigenvalue weighted by Gasteiger charge is 2.31. The lowest BCUT2D eigenvalue weighted by atomic mass is 10.1. The summed E-state index contributed by atoms with van der Waals surface area (Å²) in [6.07, 6.45) is 9.75. The Kier molecular flexibility index (Phi) is 5.25. The van der Waals surface area contributed by atoms with E-state index < -0.39 is 0 Å². The molecule has 116 valence electrons. The van der Waals surface area contributed by atoms with Crippen LogP contribution in [-0.4, -0.2) is 46.9 Å². The number of likely N-dealkylation sites (tertiary alicyclic amines) is 2. The lowest BCUT2D eigenvalue weighted by Crippen LogP contribution is -2.33. The van der Waals surface area contributed by atoms with Crippen LogP contribution in [0.4, 0.5) is 0 Å². The number of nitrogens with zero attached hydrogens (tertiary/aromatic N) is 3. The third-order valence-electron chi connectivity index (χ3n) is 4.62. The second kappa shape index (κ2) is 7.36. The first kappa shape index (κ1) is 15.0. The van der Waals surface area contributed by atoms with E-state index in [1.54, 1.807) is 11.3 Å². The Labute approximate surface area is 131 Å². The van der Waals surface area contributed by atoms with Crippen LogP contribution in [0.15, 0.2) is 11.6 Å². The number of aromatic nitrogens is 1. The van der Waals surface area contributed by atoms with Crippen LogP contribution in [0.3, 0.4) is 0 Å². The number of amides is 1. The molecule has 1 atom stereocenters. The number of hydrogen-bond donors (Lipinski definition) is 0. The van der Waals surface area contributed by atoms with E-state index in [0.717, 1.165) is 37.4 Å². The average Bonchev–Trinajstić information content (AvgIpc) is 3.19. The van der Waals surface area contributed by atoms with Crippen molar-refractivity contribution in [3.63, 3.8) is 0 Å². The maximum atomic E-state index is 12.5. The molecular weight excluding hydrogens is 282 g/mol. The first-order valence-electron chi connectivity index (χ1n) is 8.26. The Morgan fingerprint density at radius 3 is 2.86 bits per heavy atom. The van der Waals surface area contributed by atoms with Crippen molar-refractivity contribution in [1.82, 2.24) is 14.8 Å². The molecule has 0 radical (unpaired) electrons. The fourth-order valence-electron chi connectivity index (χ4n) is 3.50. The SMILES string of the molecule is O=C(CCCN1CCCCC1)N1CCC[C@@H]1c1nccs1. The molecule has 0 bridgehead atoms. The molecule has 1 aromatic rings. The van der Waals surface area contributed by atoms with Gasteiger partial charge in [0.2, 0.25) is 5.91 Å². The number of hydrogen-bond acceptors (Lipinski definition) is 4. The first-order chi connectivity index (χ1) is 10.3. The molecule has 0 aromatic carbocycles. The van der Waals surface area contributed by atoms with Gasteiger partial charge >= 0.3 is 0 Å². The molecule has 1 amide bonds. The summed E-state index contributed by atoms with van der Waals surface area (Å²) in [5.41, 5.74) is 0. The van der Waals surface area contributed by atoms with E-state index in [9.17, 15) is 4.79 Å². The molecule has 21 heavy (non-hydrogen) atoms. The monoisotopic (exact) mass is 307 g/mol. The van der Waals surface area contributed by atoms with E-state index in [-0.39, 0.29) is 6.04 Å². The summed E-state index contributed by atoms with van der Waals surface area (Å²) in [7, 11) is 0. The highest BCUT2D eigenvalue weighted by Crippen LogP contribution is 2.33. The minimum absolute atomic E-state index is 0.243. The summed E-state index contributed by atoms with van der Waals surface area (Å²) in [6, 6.07) is 0.243. The molecule has 4 nitrogen and oxygen atoms in total. The van der Waals surface area contributed by atoms with Gasteiger partial charge in [0.15, 0.2) is 0 Å². The fraction of sp³-hybridized carbons (Fsp3) is 0.750. The van der Waals surface area contributed by atoms with Crippen LogP contribution in [0.2, 0.25) is 0 Å². The maximum absolute atomic E-state index is 12.5. The first-order valence-corrected chi connectivity index (χ1v) is 9.14. The van der Waals surface area contributed by atoms with Crippen LogP contribution in [0.1, 0.15) is 56.0 Å². The second-order valence-corrected chi connectivity index (χ2v) is 7.05. The molecule has 0 unspecified atom stereocenters. The molecule has 2 aliphatic rings. The molecular formula is C16H25N3OS. The smallest absolute Gasteiger partial charge is 0.223 e. The van der Waals surface area contributed by atoms with Crippen molar-refractivity contribution in [2.45, 2.75) is 51.0 Å². The molecule has 3 heterocycles. The topological polar surface area (TPSA) is 36.4 Å². The zero-order valence-electron chi connectivity index (χ0n) is 12.7. The van der Waals surface area contributed by atoms with Crippen molar-refractivity contribution in [1.29, 1.82) is 0 Å². The molecule has 1 aromatic heterocycles. The van der Waals surface area contributed by atoms with E-state index in [0.29, 0.717) is 12.3 Å². The van der Waals surface area contributed by atoms with Crippen LogP contribution < -0.4 is 0 Å². The van der Waals surface area contributed by atoms with Gasteiger partial charge in [0, 0.05) is 24.5 Å². The minimum atomic E-state index is 0.243. The van der Waals surface area contributed by atoms with Crippen molar-refractivity contribution < 1.29 is 4.79 Å². The van der Waals surface area contributed by atoms with Gasteiger partial charge in [-0.15, -0.1) is 11.3 Å². The summed E-state index contributed by atoms with van der Waals surface area (Å²) in [6.45, 7) is 4.44. The van der Waals surface area contributed by atoms with E-state index in [1.165, 1.54) is 32.4 Å². The van der Waals surface area contributed by atoms with E-state index >= 15 is 0 Å². The number of rotatable bonds is 5. The molecule has 2 saturated heterocycles. The van der Waals surface area contributed by atoms with E-state index in [2.05, 4.69) is 14.8 Å². The second-order valence-electron chi connectivity index (χ2n) is 6.12. The predicted molar refractivity (Wildman–Crippen MR) is 85.3 cm³/mol. The van der Waals surface area contributed by atoms with Gasteiger partial charge in [0.25, 0.3) is 0 Å². The third-order valence-corrected chi connectivity index (χ3v) is 5.50. The average molecular weight is 307 g/mol. The van der Waals surface area contributed by atoms with Gasteiger partial charge < -0.3 is 9.80 Å². The lowest BCUT2D eigenvalue weighted by molar-refractivity contribution is -0.132. The highest BCUT2D eigenvalue weighted by atomic mass is 32.1. The summed E-state index contributed by atoms with van der Waals surface area (Å²) in [4.78, 5) is 21.5. The van der Waals surface area contributed by atoms with Crippen LogP contribution in [0.5, 0.6) is 0 Å². The van der Waals surface area contributed by atoms with E-state index in [1.807, 2.05) is 11.6 Å². The summed E-state index contributed by atoms with van der Waals surface area (Å²) < 4.78 is 0. The van der Waals surface area contributed by atoms with Crippen LogP contribution >= 0.6 is 11.3 Å². The minimum Gasteiger partial charge on any atom is -0.333 e. The van der Waals surface area contributed by atoms with Gasteiger partial charge in [-0.25, -0.2) is 4.98 Å². The van der Waals surface area contributed by atoms with Crippen molar-refractivity contribution in [2.24, 2.45) is 0 Å². The normalized spacial score (nSPS) is 23.6. The molecule has 3 rings (SSSR count). The quantitative estimate of drug-likeness (QED) is 0.839. The highest BCUT2D eigenvalue weighted by molar-refractivity contribution is 7.09. The van der Waals surface area contributed by atoms with Crippen molar-refractivity contribution in [3.05, 3.63) is 16.6 Å². The summed E-state index contributed by atoms with van der Waals surface area (Å²) in [5.74, 6) is 0.324. The van der Waals surface area contributed by atoms with E-state index in [4.69, 9.17) is 0 Å². The number of piperidine rings is 1. The zero-order valence-corrected chi connectivity index (χ0v) is 13.5. The molecule has 2 aliphatic heterocycles. The Bertz CT molecular complexity index is 442. The molecule has 0 aliphatic carbocycles. The van der Waals surface area contributed by atoms with Gasteiger partial charge in [0.1, 0.15) is 5.01 Å². The van der Waals surface area contributed by atoms with Gasteiger partial charge in [-0.3, -0.25) is 4.79 Å². The third kappa shape index (κ3) is 3.83. The van der Waals surface area contributed by atoms with Gasteiger partial charge in [-0.1, -0.05) is 6.42 Å². The number of carbonyl (C=O) groups excluding carboxylic acids is 1. The van der Waals surface area contributed by atoms with Crippen molar-refractivity contribution in [3.8, 4) is 0 Å². The number of carbonyl (C=O) groups is 1. The Morgan fingerprint density at radius 2 is 2.10 bits per heavy atom. The maximum Gasteiger partial charge on any atom is 0.223 e. The Morgan fingerprint density at radius 1 is 1.24 bits per heavy atom. The predicted octanol–water partition coefficient (Wildman–Crippen LogP) is 3.07. The van der Waals surface area contributed by atoms with Gasteiger partial charge in [-0.2, -0.15) is 0 Å².